The minimum Gasteiger partial charge on any atom is -0.380 e. The lowest BCUT2D eigenvalue weighted by Gasteiger charge is -2.55. The first-order valence-corrected chi connectivity index (χ1v) is 8.51. The van der Waals surface area contributed by atoms with Gasteiger partial charge in [0.1, 0.15) is 0 Å². The standard InChI is InChI=1S/C18H31NO/c1-5-17(3)9-10-19(4)11-16(17)15-7-6-8-18(14(15)2)12-20-13-18/h11,14-15H,5-10,12-13H2,1-4H3. The van der Waals surface area contributed by atoms with E-state index >= 15 is 0 Å². The van der Waals surface area contributed by atoms with Crippen LogP contribution < -0.4 is 0 Å². The van der Waals surface area contributed by atoms with E-state index in [-0.39, 0.29) is 0 Å². The summed E-state index contributed by atoms with van der Waals surface area (Å²) in [6.07, 6.45) is 9.25. The number of hydrogen-bond donors (Lipinski definition) is 0. The van der Waals surface area contributed by atoms with E-state index < -0.39 is 0 Å². The SMILES string of the molecule is CCC1(C)CCN(C)C=C1C1CCCC2(COC2)C1C. The van der Waals surface area contributed by atoms with Crippen molar-refractivity contribution in [2.75, 3.05) is 26.8 Å². The van der Waals surface area contributed by atoms with E-state index in [1.165, 1.54) is 38.6 Å². The van der Waals surface area contributed by atoms with E-state index in [2.05, 4.69) is 38.9 Å². The van der Waals surface area contributed by atoms with E-state index in [0.29, 0.717) is 10.8 Å². The zero-order chi connectivity index (χ0) is 14.4. The van der Waals surface area contributed by atoms with Crippen LogP contribution >= 0.6 is 0 Å². The smallest absolute Gasteiger partial charge is 0.0547 e. The second kappa shape index (κ2) is 5.05. The average molecular weight is 277 g/mol. The van der Waals surface area contributed by atoms with Crippen molar-refractivity contribution in [3.05, 3.63) is 11.8 Å². The summed E-state index contributed by atoms with van der Waals surface area (Å²) < 4.78 is 5.59. The fourth-order valence-electron chi connectivity index (χ4n) is 4.72. The predicted molar refractivity (Wildman–Crippen MR) is 83.5 cm³/mol. The summed E-state index contributed by atoms with van der Waals surface area (Å²) in [4.78, 5) is 2.41. The van der Waals surface area contributed by atoms with Crippen molar-refractivity contribution in [2.45, 2.75) is 52.9 Å². The van der Waals surface area contributed by atoms with Crippen molar-refractivity contribution in [3.8, 4) is 0 Å². The Morgan fingerprint density at radius 1 is 1.35 bits per heavy atom. The van der Waals surface area contributed by atoms with Crippen LogP contribution in [-0.2, 0) is 4.74 Å². The lowest BCUT2D eigenvalue weighted by atomic mass is 9.56. The maximum atomic E-state index is 5.59. The molecule has 2 heterocycles. The molecule has 0 aromatic heterocycles. The van der Waals surface area contributed by atoms with Gasteiger partial charge in [0.05, 0.1) is 13.2 Å². The molecule has 1 spiro atoms. The van der Waals surface area contributed by atoms with Crippen molar-refractivity contribution < 1.29 is 4.74 Å². The first-order valence-electron chi connectivity index (χ1n) is 8.51. The summed E-state index contributed by atoms with van der Waals surface area (Å²) in [6, 6.07) is 0. The minimum absolute atomic E-state index is 0.425. The maximum absolute atomic E-state index is 5.59. The van der Waals surface area contributed by atoms with E-state index in [4.69, 9.17) is 4.74 Å². The highest BCUT2D eigenvalue weighted by Crippen LogP contribution is 2.55. The molecule has 20 heavy (non-hydrogen) atoms. The lowest BCUT2D eigenvalue weighted by Crippen LogP contribution is -2.53. The molecule has 2 nitrogen and oxygen atoms in total. The molecular formula is C18H31NO. The molecule has 3 unspecified atom stereocenters. The summed E-state index contributed by atoms with van der Waals surface area (Å²) in [5.74, 6) is 1.56. The van der Waals surface area contributed by atoms with Gasteiger partial charge in [-0.1, -0.05) is 27.2 Å². The Bertz CT molecular complexity index is 398. The van der Waals surface area contributed by atoms with Crippen LogP contribution in [-0.4, -0.2) is 31.7 Å². The van der Waals surface area contributed by atoms with Gasteiger partial charge in [0.15, 0.2) is 0 Å². The maximum Gasteiger partial charge on any atom is 0.0547 e. The number of hydrogen-bond acceptors (Lipinski definition) is 2. The molecule has 0 aromatic rings. The van der Waals surface area contributed by atoms with Crippen LogP contribution in [0.15, 0.2) is 11.8 Å². The molecule has 0 radical (unpaired) electrons. The summed E-state index contributed by atoms with van der Waals surface area (Å²) in [5, 5.41) is 0. The summed E-state index contributed by atoms with van der Waals surface area (Å²) in [6.45, 7) is 10.6. The molecule has 3 atom stereocenters. The fraction of sp³-hybridized carbons (Fsp3) is 0.889. The van der Waals surface area contributed by atoms with Gasteiger partial charge in [-0.2, -0.15) is 0 Å². The Hall–Kier alpha value is -0.500. The Balaban J connectivity index is 1.89. The second-order valence-corrected chi connectivity index (χ2v) is 7.87. The highest BCUT2D eigenvalue weighted by Gasteiger charge is 2.51. The van der Waals surface area contributed by atoms with Crippen molar-refractivity contribution >= 4 is 0 Å². The van der Waals surface area contributed by atoms with Gasteiger partial charge in [0, 0.05) is 19.0 Å². The van der Waals surface area contributed by atoms with Gasteiger partial charge in [-0.05, 0) is 54.7 Å². The van der Waals surface area contributed by atoms with Crippen LogP contribution in [0.5, 0.6) is 0 Å². The van der Waals surface area contributed by atoms with E-state index in [9.17, 15) is 0 Å². The predicted octanol–water partition coefficient (Wildman–Crippen LogP) is 4.07. The van der Waals surface area contributed by atoms with Crippen LogP contribution in [0, 0.1) is 22.7 Å². The average Bonchev–Trinajstić information content (AvgIpc) is 2.40. The first kappa shape index (κ1) is 14.4. The summed E-state index contributed by atoms with van der Waals surface area (Å²) >= 11 is 0. The van der Waals surface area contributed by atoms with Gasteiger partial charge in [0.2, 0.25) is 0 Å². The van der Waals surface area contributed by atoms with Gasteiger partial charge >= 0.3 is 0 Å². The van der Waals surface area contributed by atoms with E-state index in [1.807, 2.05) is 0 Å². The molecule has 0 aromatic carbocycles. The number of rotatable bonds is 2. The van der Waals surface area contributed by atoms with E-state index in [0.717, 1.165) is 25.0 Å². The van der Waals surface area contributed by atoms with Gasteiger partial charge < -0.3 is 9.64 Å². The number of nitrogens with zero attached hydrogens (tertiary/aromatic N) is 1. The lowest BCUT2D eigenvalue weighted by molar-refractivity contribution is -0.169. The van der Waals surface area contributed by atoms with Crippen LogP contribution in [0.25, 0.3) is 0 Å². The third-order valence-electron chi connectivity index (χ3n) is 6.79. The first-order chi connectivity index (χ1) is 9.51. The van der Waals surface area contributed by atoms with Gasteiger partial charge in [-0.25, -0.2) is 0 Å². The molecule has 0 N–H and O–H groups in total. The van der Waals surface area contributed by atoms with Crippen molar-refractivity contribution in [2.24, 2.45) is 22.7 Å². The molecule has 3 aliphatic rings. The van der Waals surface area contributed by atoms with Gasteiger partial charge in [0.25, 0.3) is 0 Å². The van der Waals surface area contributed by atoms with Crippen LogP contribution in [0.3, 0.4) is 0 Å². The van der Waals surface area contributed by atoms with Crippen molar-refractivity contribution in [1.29, 1.82) is 0 Å². The Morgan fingerprint density at radius 2 is 2.10 bits per heavy atom. The third-order valence-corrected chi connectivity index (χ3v) is 6.79. The highest BCUT2D eigenvalue weighted by atomic mass is 16.5. The van der Waals surface area contributed by atoms with Crippen LogP contribution in [0.4, 0.5) is 0 Å². The van der Waals surface area contributed by atoms with Crippen molar-refractivity contribution in [1.82, 2.24) is 4.90 Å². The molecular weight excluding hydrogens is 246 g/mol. The monoisotopic (exact) mass is 277 g/mol. The highest BCUT2D eigenvalue weighted by molar-refractivity contribution is 5.22. The topological polar surface area (TPSA) is 12.5 Å². The zero-order valence-corrected chi connectivity index (χ0v) is 13.7. The third kappa shape index (κ3) is 2.11. The summed E-state index contributed by atoms with van der Waals surface area (Å²) in [5.41, 5.74) is 2.68. The molecule has 2 heteroatoms. The molecule has 0 bridgehead atoms. The Labute approximate surface area is 124 Å². The molecule has 0 amide bonds. The largest absolute Gasteiger partial charge is 0.380 e. The second-order valence-electron chi connectivity index (χ2n) is 7.87. The van der Waals surface area contributed by atoms with Crippen LogP contribution in [0.2, 0.25) is 0 Å². The van der Waals surface area contributed by atoms with E-state index in [1.54, 1.807) is 5.57 Å². The van der Waals surface area contributed by atoms with Gasteiger partial charge in [-0.3, -0.25) is 0 Å². The van der Waals surface area contributed by atoms with Crippen molar-refractivity contribution in [3.63, 3.8) is 0 Å². The molecule has 1 aliphatic carbocycles. The minimum atomic E-state index is 0.425. The Morgan fingerprint density at radius 3 is 2.70 bits per heavy atom. The normalized spacial score (nSPS) is 40.4. The summed E-state index contributed by atoms with van der Waals surface area (Å²) in [7, 11) is 2.24. The number of ether oxygens (including phenoxy) is 1. The molecule has 1 saturated carbocycles. The fourth-order valence-corrected chi connectivity index (χ4v) is 4.72. The quantitative estimate of drug-likeness (QED) is 0.754. The van der Waals surface area contributed by atoms with Gasteiger partial charge in [-0.15, -0.1) is 0 Å². The molecule has 3 rings (SSSR count). The number of allylic oxidation sites excluding steroid dienone is 1. The molecule has 114 valence electrons. The Kier molecular flexibility index (Phi) is 3.64. The molecule has 2 fully saturated rings. The molecule has 2 aliphatic heterocycles. The molecule has 1 saturated heterocycles. The zero-order valence-electron chi connectivity index (χ0n) is 13.7. The van der Waals surface area contributed by atoms with Crippen LogP contribution in [0.1, 0.15) is 52.9 Å².